The second-order valence-corrected chi connectivity index (χ2v) is 8.43. The Kier molecular flexibility index (Phi) is 9.06. The second-order valence-electron chi connectivity index (χ2n) is 8.00. The number of methoxy groups -OCH3 is 1. The molecule has 7 heteroatoms. The lowest BCUT2D eigenvalue weighted by molar-refractivity contribution is 0.0237. The van der Waals surface area contributed by atoms with Crippen LogP contribution in [0.1, 0.15) is 45.0 Å². The van der Waals surface area contributed by atoms with E-state index in [-0.39, 0.29) is 6.09 Å². The van der Waals surface area contributed by atoms with Gasteiger partial charge in [0.15, 0.2) is 0 Å². The van der Waals surface area contributed by atoms with E-state index in [1.54, 1.807) is 30.5 Å². The summed E-state index contributed by atoms with van der Waals surface area (Å²) in [6, 6.07) is 7.43. The molecule has 0 N–H and O–H groups in total. The lowest BCUT2D eigenvalue weighted by atomic mass is 10.0. The van der Waals surface area contributed by atoms with Gasteiger partial charge in [0.2, 0.25) is 0 Å². The van der Waals surface area contributed by atoms with E-state index in [1.807, 2.05) is 45.0 Å². The summed E-state index contributed by atoms with van der Waals surface area (Å²) in [5, 5.41) is 0.636. The van der Waals surface area contributed by atoms with Gasteiger partial charge in [-0.15, -0.1) is 0 Å². The van der Waals surface area contributed by atoms with Crippen molar-refractivity contribution in [2.75, 3.05) is 20.2 Å². The molecule has 31 heavy (non-hydrogen) atoms. The van der Waals surface area contributed by atoms with Gasteiger partial charge in [-0.1, -0.05) is 23.8 Å². The number of aromatic nitrogens is 2. The number of piperidine rings is 1. The molecule has 0 aromatic carbocycles. The van der Waals surface area contributed by atoms with Gasteiger partial charge in [0.1, 0.15) is 11.4 Å². The summed E-state index contributed by atoms with van der Waals surface area (Å²) in [5.41, 5.74) is 2.62. The fourth-order valence-electron chi connectivity index (χ4n) is 2.76. The minimum absolute atomic E-state index is 0.230. The zero-order valence-electron chi connectivity index (χ0n) is 18.6. The van der Waals surface area contributed by atoms with Crippen LogP contribution in [0.2, 0.25) is 5.02 Å². The smallest absolute Gasteiger partial charge is 0.410 e. The van der Waals surface area contributed by atoms with Crippen LogP contribution in [0.4, 0.5) is 4.79 Å². The monoisotopic (exact) mass is 443 g/mol. The lowest BCUT2D eigenvalue weighted by Crippen LogP contribution is -2.40. The number of nitrogens with zero attached hydrogens (tertiary/aromatic N) is 3. The Morgan fingerprint density at radius 3 is 2.23 bits per heavy atom. The Hall–Kier alpha value is -2.86. The molecule has 1 saturated heterocycles. The van der Waals surface area contributed by atoms with Crippen molar-refractivity contribution in [3.63, 3.8) is 0 Å². The van der Waals surface area contributed by atoms with Crippen molar-refractivity contribution >= 4 is 29.8 Å². The molecule has 1 aliphatic rings. The van der Waals surface area contributed by atoms with E-state index in [9.17, 15) is 4.79 Å². The quantitative estimate of drug-likeness (QED) is 0.592. The highest BCUT2D eigenvalue weighted by Gasteiger charge is 2.24. The molecule has 1 amide bonds. The molecule has 0 aliphatic carbocycles. The van der Waals surface area contributed by atoms with Crippen molar-refractivity contribution in [2.24, 2.45) is 0 Å². The van der Waals surface area contributed by atoms with Crippen molar-refractivity contribution in [1.82, 2.24) is 14.9 Å². The molecule has 0 spiro atoms. The van der Waals surface area contributed by atoms with Gasteiger partial charge < -0.3 is 14.4 Å². The van der Waals surface area contributed by atoms with Crippen molar-refractivity contribution in [3.8, 4) is 5.75 Å². The molecule has 1 fully saturated rings. The van der Waals surface area contributed by atoms with Crippen LogP contribution in [0, 0.1) is 0 Å². The summed E-state index contributed by atoms with van der Waals surface area (Å²) in [4.78, 5) is 22.0. The van der Waals surface area contributed by atoms with E-state index in [1.165, 1.54) is 5.57 Å². The van der Waals surface area contributed by atoms with Crippen LogP contribution < -0.4 is 4.74 Å². The molecule has 1 aliphatic heterocycles. The highest BCUT2D eigenvalue weighted by atomic mass is 35.5. The number of carbonyl (C=O) groups is 1. The average Bonchev–Trinajstić information content (AvgIpc) is 2.75. The molecule has 2 aromatic heterocycles. The number of hydrogen-bond acceptors (Lipinski definition) is 5. The first-order valence-electron chi connectivity index (χ1n) is 10.1. The van der Waals surface area contributed by atoms with Crippen LogP contribution in [-0.4, -0.2) is 46.8 Å². The fraction of sp³-hybridized carbons (Fsp3) is 0.375. The Morgan fingerprint density at radius 2 is 1.74 bits per heavy atom. The first-order chi connectivity index (χ1) is 14.7. The Morgan fingerprint density at radius 1 is 1.10 bits per heavy atom. The Balaban J connectivity index is 0.000000285. The summed E-state index contributed by atoms with van der Waals surface area (Å²) < 4.78 is 10.3. The number of halogens is 1. The number of amides is 1. The molecule has 3 rings (SSSR count). The summed E-state index contributed by atoms with van der Waals surface area (Å²) >= 11 is 5.82. The number of carbonyl (C=O) groups excluding carboxylic acids is 1. The highest BCUT2D eigenvalue weighted by molar-refractivity contribution is 6.30. The largest absolute Gasteiger partial charge is 0.495 e. The second kappa shape index (κ2) is 11.5. The molecule has 0 bridgehead atoms. The van der Waals surface area contributed by atoms with Crippen LogP contribution in [0.5, 0.6) is 5.75 Å². The highest BCUT2D eigenvalue weighted by Crippen LogP contribution is 2.21. The van der Waals surface area contributed by atoms with Crippen molar-refractivity contribution in [3.05, 3.63) is 65.2 Å². The standard InChI is InChI=1S/C16H21ClN2O2.C8H9NO/c1-16(2,3)21-15(20)19-8-6-12(7-9-19)10-14-5-4-13(17)11-18-14;1-3-7-4-5-8(10-2)6-9-7/h4-5,10-11H,6-9H2,1-3H3;3-6H,1H2,2H3. The SMILES string of the molecule is C=Cc1ccc(OC)cn1.CC(C)(C)OC(=O)N1CCC(=Cc2ccc(Cl)cn2)CC1. The normalized spacial score (nSPS) is 13.6. The van der Waals surface area contributed by atoms with E-state index >= 15 is 0 Å². The molecule has 3 heterocycles. The Bertz CT molecular complexity index is 878. The van der Waals surface area contributed by atoms with Gasteiger partial charge in [-0.25, -0.2) is 4.79 Å². The van der Waals surface area contributed by atoms with Gasteiger partial charge in [0.05, 0.1) is 29.7 Å². The van der Waals surface area contributed by atoms with E-state index < -0.39 is 5.60 Å². The third-order valence-corrected chi connectivity index (χ3v) is 4.59. The number of hydrogen-bond donors (Lipinski definition) is 0. The van der Waals surface area contributed by atoms with Gasteiger partial charge in [0.25, 0.3) is 0 Å². The topological polar surface area (TPSA) is 64.6 Å². The van der Waals surface area contributed by atoms with Crippen LogP contribution in [-0.2, 0) is 4.74 Å². The minimum Gasteiger partial charge on any atom is -0.495 e. The third-order valence-electron chi connectivity index (χ3n) is 4.36. The maximum absolute atomic E-state index is 12.0. The number of likely N-dealkylation sites (tertiary alicyclic amines) is 1. The fourth-order valence-corrected chi connectivity index (χ4v) is 2.87. The third kappa shape index (κ3) is 8.80. The summed E-state index contributed by atoms with van der Waals surface area (Å²) in [5.74, 6) is 0.769. The molecular formula is C24H30ClN3O3. The van der Waals surface area contributed by atoms with Crippen molar-refractivity contribution < 1.29 is 14.3 Å². The van der Waals surface area contributed by atoms with E-state index in [2.05, 4.69) is 22.6 Å². The van der Waals surface area contributed by atoms with E-state index in [0.29, 0.717) is 18.1 Å². The van der Waals surface area contributed by atoms with Crippen molar-refractivity contribution in [2.45, 2.75) is 39.2 Å². The van der Waals surface area contributed by atoms with Crippen LogP contribution in [0.3, 0.4) is 0 Å². The molecule has 0 radical (unpaired) electrons. The zero-order chi connectivity index (χ0) is 22.9. The average molecular weight is 444 g/mol. The summed E-state index contributed by atoms with van der Waals surface area (Å²) in [7, 11) is 1.62. The maximum atomic E-state index is 12.0. The zero-order valence-corrected chi connectivity index (χ0v) is 19.4. The van der Waals surface area contributed by atoms with Gasteiger partial charge in [-0.2, -0.15) is 0 Å². The first-order valence-corrected chi connectivity index (χ1v) is 10.5. The molecule has 0 atom stereocenters. The van der Waals surface area contributed by atoms with Crippen LogP contribution in [0.15, 0.2) is 48.8 Å². The molecule has 0 unspecified atom stereocenters. The summed E-state index contributed by atoms with van der Waals surface area (Å²) in [6.45, 7) is 10.6. The molecule has 6 nitrogen and oxygen atoms in total. The molecule has 0 saturated carbocycles. The van der Waals surface area contributed by atoms with E-state index in [4.69, 9.17) is 21.1 Å². The predicted molar refractivity (Wildman–Crippen MR) is 125 cm³/mol. The molecule has 166 valence electrons. The predicted octanol–water partition coefficient (Wildman–Crippen LogP) is 5.88. The summed E-state index contributed by atoms with van der Waals surface area (Å²) in [6.07, 6.45) is 8.54. The minimum atomic E-state index is -0.444. The number of pyridine rings is 2. The molecule has 2 aromatic rings. The van der Waals surface area contributed by atoms with E-state index in [0.717, 1.165) is 30.0 Å². The van der Waals surface area contributed by atoms with Gasteiger partial charge in [-0.05, 0) is 70.0 Å². The maximum Gasteiger partial charge on any atom is 0.410 e. The van der Waals surface area contributed by atoms with Gasteiger partial charge in [0, 0.05) is 19.3 Å². The number of rotatable bonds is 3. The Labute approximate surface area is 189 Å². The van der Waals surface area contributed by atoms with Crippen LogP contribution >= 0.6 is 11.6 Å². The first kappa shape index (κ1) is 24.4. The van der Waals surface area contributed by atoms with Crippen LogP contribution in [0.25, 0.3) is 12.2 Å². The van der Waals surface area contributed by atoms with Gasteiger partial charge >= 0.3 is 6.09 Å². The van der Waals surface area contributed by atoms with Gasteiger partial charge in [-0.3, -0.25) is 9.97 Å². The number of ether oxygens (including phenoxy) is 2. The molecular weight excluding hydrogens is 414 g/mol. The lowest BCUT2D eigenvalue weighted by Gasteiger charge is -2.31. The van der Waals surface area contributed by atoms with Crippen molar-refractivity contribution in [1.29, 1.82) is 0 Å².